The van der Waals surface area contributed by atoms with Gasteiger partial charge in [-0.05, 0) is 73.9 Å². The molecule has 1 aromatic heterocycles. The molecule has 0 aliphatic carbocycles. The Kier molecular flexibility index (Phi) is 9.26. The van der Waals surface area contributed by atoms with E-state index in [1.807, 2.05) is 74.5 Å². The van der Waals surface area contributed by atoms with Crippen LogP contribution in [0.5, 0.6) is 17.2 Å². The Morgan fingerprint density at radius 1 is 0.979 bits per heavy atom. The Labute approximate surface area is 276 Å². The Bertz CT molecular complexity index is 2170. The summed E-state index contributed by atoms with van der Waals surface area (Å²) in [6.07, 6.45) is 1.69. The van der Waals surface area contributed by atoms with Crippen LogP contribution in [0.2, 0.25) is 0 Å². The number of carbonyl (C=O) groups is 1. The van der Waals surface area contributed by atoms with Gasteiger partial charge in [0.1, 0.15) is 18.4 Å². The number of hydrogen-bond donors (Lipinski definition) is 0. The van der Waals surface area contributed by atoms with Crippen molar-refractivity contribution in [2.75, 3.05) is 13.7 Å². The average molecular weight is 649 g/mol. The van der Waals surface area contributed by atoms with Crippen LogP contribution in [-0.2, 0) is 16.1 Å². The van der Waals surface area contributed by atoms with Crippen LogP contribution in [0, 0.1) is 0 Å². The second-order valence-electron chi connectivity index (χ2n) is 11.3. The number of rotatable bonds is 10. The molecule has 5 aromatic rings. The summed E-state index contributed by atoms with van der Waals surface area (Å²) in [6, 6.07) is 26.6. The van der Waals surface area contributed by atoms with E-state index >= 15 is 0 Å². The van der Waals surface area contributed by atoms with Gasteiger partial charge in [0.15, 0.2) is 16.3 Å². The molecule has 9 heteroatoms. The molecule has 0 bridgehead atoms. The van der Waals surface area contributed by atoms with Crippen LogP contribution >= 0.6 is 11.3 Å². The zero-order valence-electron chi connectivity index (χ0n) is 27.0. The van der Waals surface area contributed by atoms with Gasteiger partial charge in [-0.1, -0.05) is 78.1 Å². The SMILES string of the molecule is CCOC(=O)C1=C(C)N=c2s/c(=C/c3ccc(OCc4cccc5ccccc45)c(OC)c3)c(=O)n2[C@H]1c1ccccc1OC(C)C. The number of carbonyl (C=O) groups excluding carboxylic acids is 1. The summed E-state index contributed by atoms with van der Waals surface area (Å²) in [5.74, 6) is 1.21. The number of para-hydroxylation sites is 1. The number of hydrogen-bond acceptors (Lipinski definition) is 8. The monoisotopic (exact) mass is 648 g/mol. The molecule has 0 radical (unpaired) electrons. The van der Waals surface area contributed by atoms with Crippen LogP contribution in [0.4, 0.5) is 0 Å². The van der Waals surface area contributed by atoms with Crippen LogP contribution < -0.4 is 29.1 Å². The maximum atomic E-state index is 14.2. The number of benzene rings is 4. The van der Waals surface area contributed by atoms with Gasteiger partial charge in [-0.25, -0.2) is 9.79 Å². The van der Waals surface area contributed by atoms with Crippen LogP contribution in [0.1, 0.15) is 50.4 Å². The Morgan fingerprint density at radius 3 is 2.53 bits per heavy atom. The van der Waals surface area contributed by atoms with Crippen molar-refractivity contribution in [2.45, 2.75) is 46.4 Å². The zero-order valence-corrected chi connectivity index (χ0v) is 27.8. The van der Waals surface area contributed by atoms with E-state index in [4.69, 9.17) is 23.9 Å². The summed E-state index contributed by atoms with van der Waals surface area (Å²) in [6.45, 7) is 7.96. The quantitative estimate of drug-likeness (QED) is 0.165. The number of esters is 1. The van der Waals surface area contributed by atoms with Gasteiger partial charge in [-0.3, -0.25) is 9.36 Å². The number of methoxy groups -OCH3 is 1. The minimum absolute atomic E-state index is 0.114. The molecule has 0 N–H and O–H groups in total. The van der Waals surface area contributed by atoms with E-state index in [1.165, 1.54) is 11.3 Å². The standard InChI is InChI=1S/C38H36N2O6S/c1-6-44-37(42)34-24(4)39-38-40(35(34)29-16-9-10-17-30(29)46-23(2)3)36(41)33(47-38)21-25-18-19-31(32(20-25)43-5)45-22-27-14-11-13-26-12-7-8-15-28(26)27/h7-21,23,35H,6,22H2,1-5H3/b33-21+/t35-/m0/s1. The molecule has 240 valence electrons. The van der Waals surface area contributed by atoms with E-state index in [1.54, 1.807) is 31.6 Å². The lowest BCUT2D eigenvalue weighted by atomic mass is 9.95. The second-order valence-corrected chi connectivity index (χ2v) is 12.4. The van der Waals surface area contributed by atoms with E-state index in [0.717, 1.165) is 21.9 Å². The Morgan fingerprint density at radius 2 is 1.74 bits per heavy atom. The predicted octanol–water partition coefficient (Wildman–Crippen LogP) is 6.33. The van der Waals surface area contributed by atoms with Crippen LogP contribution in [-0.4, -0.2) is 30.4 Å². The first kappa shape index (κ1) is 31.8. The van der Waals surface area contributed by atoms with Crippen molar-refractivity contribution < 1.29 is 23.7 Å². The predicted molar refractivity (Wildman–Crippen MR) is 184 cm³/mol. The van der Waals surface area contributed by atoms with E-state index in [9.17, 15) is 9.59 Å². The smallest absolute Gasteiger partial charge is 0.338 e. The largest absolute Gasteiger partial charge is 0.493 e. The molecular formula is C38H36N2O6S. The van der Waals surface area contributed by atoms with Crippen molar-refractivity contribution in [1.82, 2.24) is 4.57 Å². The third kappa shape index (κ3) is 6.44. The van der Waals surface area contributed by atoms with Gasteiger partial charge in [0.2, 0.25) is 0 Å². The van der Waals surface area contributed by atoms with Crippen LogP contribution in [0.15, 0.2) is 106 Å². The van der Waals surface area contributed by atoms with Gasteiger partial charge in [0.25, 0.3) is 5.56 Å². The van der Waals surface area contributed by atoms with E-state index in [-0.39, 0.29) is 18.3 Å². The molecule has 6 rings (SSSR count). The number of fused-ring (bicyclic) bond motifs is 2. The fraction of sp³-hybridized carbons (Fsp3) is 0.237. The Hall–Kier alpha value is -5.15. The van der Waals surface area contributed by atoms with Gasteiger partial charge >= 0.3 is 5.97 Å². The van der Waals surface area contributed by atoms with E-state index in [0.29, 0.717) is 50.0 Å². The highest BCUT2D eigenvalue weighted by atomic mass is 32.1. The molecule has 8 nitrogen and oxygen atoms in total. The van der Waals surface area contributed by atoms with Crippen molar-refractivity contribution in [2.24, 2.45) is 4.99 Å². The minimum Gasteiger partial charge on any atom is -0.493 e. The lowest BCUT2D eigenvalue weighted by Gasteiger charge is -2.26. The summed E-state index contributed by atoms with van der Waals surface area (Å²) < 4.78 is 25.5. The fourth-order valence-electron chi connectivity index (χ4n) is 5.77. The lowest BCUT2D eigenvalue weighted by molar-refractivity contribution is -0.139. The molecule has 0 amide bonds. The summed E-state index contributed by atoms with van der Waals surface area (Å²) >= 11 is 1.26. The number of thiazole rings is 1. The molecule has 0 saturated heterocycles. The number of ether oxygens (including phenoxy) is 4. The van der Waals surface area contributed by atoms with E-state index in [2.05, 4.69) is 24.3 Å². The van der Waals surface area contributed by atoms with Gasteiger partial charge in [-0.15, -0.1) is 0 Å². The van der Waals surface area contributed by atoms with Crippen molar-refractivity contribution >= 4 is 34.2 Å². The van der Waals surface area contributed by atoms with E-state index < -0.39 is 12.0 Å². The topological polar surface area (TPSA) is 88.4 Å². The molecule has 4 aromatic carbocycles. The molecule has 0 spiro atoms. The Balaban J connectivity index is 1.39. The molecule has 1 atom stereocenters. The van der Waals surface area contributed by atoms with Gasteiger partial charge in [0, 0.05) is 5.56 Å². The third-order valence-corrected chi connectivity index (χ3v) is 8.82. The molecule has 0 fully saturated rings. The summed E-state index contributed by atoms with van der Waals surface area (Å²) in [4.78, 5) is 32.7. The van der Waals surface area contributed by atoms with Gasteiger partial charge < -0.3 is 18.9 Å². The van der Waals surface area contributed by atoms with Gasteiger partial charge in [-0.2, -0.15) is 0 Å². The molecular weight excluding hydrogens is 612 g/mol. The first-order valence-electron chi connectivity index (χ1n) is 15.5. The highest BCUT2D eigenvalue weighted by molar-refractivity contribution is 7.07. The van der Waals surface area contributed by atoms with Crippen LogP contribution in [0.25, 0.3) is 16.8 Å². The number of nitrogens with zero attached hydrogens (tertiary/aromatic N) is 2. The first-order chi connectivity index (χ1) is 22.8. The van der Waals surface area contributed by atoms with Crippen molar-refractivity contribution in [3.63, 3.8) is 0 Å². The number of allylic oxidation sites excluding steroid dienone is 1. The molecule has 1 aliphatic rings. The van der Waals surface area contributed by atoms with Crippen LogP contribution in [0.3, 0.4) is 0 Å². The average Bonchev–Trinajstić information content (AvgIpc) is 3.37. The normalized spacial score (nSPS) is 14.6. The lowest BCUT2D eigenvalue weighted by Crippen LogP contribution is -2.40. The van der Waals surface area contributed by atoms with Crippen molar-refractivity contribution in [1.29, 1.82) is 0 Å². The summed E-state index contributed by atoms with van der Waals surface area (Å²) in [7, 11) is 1.59. The first-order valence-corrected chi connectivity index (χ1v) is 16.3. The van der Waals surface area contributed by atoms with Crippen molar-refractivity contribution in [3.8, 4) is 17.2 Å². The number of aromatic nitrogens is 1. The zero-order chi connectivity index (χ0) is 33.1. The molecule has 2 heterocycles. The summed E-state index contributed by atoms with van der Waals surface area (Å²) in [5.41, 5.74) is 3.03. The highest BCUT2D eigenvalue weighted by Crippen LogP contribution is 2.36. The second kappa shape index (κ2) is 13.7. The highest BCUT2D eigenvalue weighted by Gasteiger charge is 2.35. The third-order valence-electron chi connectivity index (χ3n) is 7.84. The molecule has 0 saturated carbocycles. The summed E-state index contributed by atoms with van der Waals surface area (Å²) in [5, 5.41) is 2.29. The maximum Gasteiger partial charge on any atom is 0.338 e. The minimum atomic E-state index is -0.776. The fourth-order valence-corrected chi connectivity index (χ4v) is 6.82. The van der Waals surface area contributed by atoms with Gasteiger partial charge in [0.05, 0.1) is 35.6 Å². The van der Waals surface area contributed by atoms with Crippen molar-refractivity contribution in [3.05, 3.63) is 133 Å². The maximum absolute atomic E-state index is 14.2. The molecule has 1 aliphatic heterocycles. The molecule has 0 unspecified atom stereocenters. The molecule has 47 heavy (non-hydrogen) atoms.